The summed E-state index contributed by atoms with van der Waals surface area (Å²) in [6, 6.07) is 2.85. The van der Waals surface area contributed by atoms with Crippen LogP contribution in [0.4, 0.5) is 5.69 Å². The van der Waals surface area contributed by atoms with Gasteiger partial charge >= 0.3 is 0 Å². The molecule has 1 aliphatic rings. The predicted octanol–water partition coefficient (Wildman–Crippen LogP) is 2.96. The Morgan fingerprint density at radius 2 is 2.25 bits per heavy atom. The fraction of sp³-hybridized carbons (Fsp3) is 0.692. The molecule has 2 heterocycles. The van der Waals surface area contributed by atoms with Gasteiger partial charge in [-0.15, -0.1) is 0 Å². The molecule has 2 nitrogen and oxygen atoms in total. The molecule has 1 saturated heterocycles. The Balaban J connectivity index is 2.22. The van der Waals surface area contributed by atoms with Crippen molar-refractivity contribution in [2.45, 2.75) is 39.3 Å². The number of rotatable bonds is 2. The Bertz CT molecular complexity index is 330. The van der Waals surface area contributed by atoms with Crippen LogP contribution in [-0.4, -0.2) is 24.7 Å². The lowest BCUT2D eigenvalue weighted by Crippen LogP contribution is -2.63. The van der Waals surface area contributed by atoms with Crippen molar-refractivity contribution in [3.05, 3.63) is 16.8 Å². The van der Waals surface area contributed by atoms with Crippen LogP contribution in [0.2, 0.25) is 0 Å². The normalized spacial score (nSPS) is 25.1. The average Bonchev–Trinajstić information content (AvgIpc) is 2.68. The zero-order chi connectivity index (χ0) is 11.8. The fourth-order valence-electron chi connectivity index (χ4n) is 2.39. The quantitative estimate of drug-likeness (QED) is 0.852. The summed E-state index contributed by atoms with van der Waals surface area (Å²) in [6.45, 7) is 11.4. The van der Waals surface area contributed by atoms with Gasteiger partial charge < -0.3 is 10.2 Å². The summed E-state index contributed by atoms with van der Waals surface area (Å²) < 4.78 is 0. The second kappa shape index (κ2) is 4.38. The third-order valence-corrected chi connectivity index (χ3v) is 4.03. The highest BCUT2D eigenvalue weighted by Gasteiger charge is 2.34. The third kappa shape index (κ3) is 2.41. The summed E-state index contributed by atoms with van der Waals surface area (Å²) >= 11 is 1.79. The molecule has 0 saturated carbocycles. The van der Waals surface area contributed by atoms with E-state index in [0.717, 1.165) is 13.1 Å². The van der Waals surface area contributed by atoms with E-state index in [-0.39, 0.29) is 5.54 Å². The highest BCUT2D eigenvalue weighted by atomic mass is 32.1. The SMILES string of the molecule is CC(C)C1CNC(C)(C)CN1c1ccsc1. The summed E-state index contributed by atoms with van der Waals surface area (Å²) in [6.07, 6.45) is 0. The van der Waals surface area contributed by atoms with E-state index in [1.807, 2.05) is 0 Å². The van der Waals surface area contributed by atoms with Crippen molar-refractivity contribution < 1.29 is 0 Å². The first-order chi connectivity index (χ1) is 7.49. The molecular weight excluding hydrogens is 216 g/mol. The van der Waals surface area contributed by atoms with Gasteiger partial charge in [0.15, 0.2) is 0 Å². The van der Waals surface area contributed by atoms with Crippen LogP contribution in [0.15, 0.2) is 16.8 Å². The van der Waals surface area contributed by atoms with Crippen molar-refractivity contribution in [2.24, 2.45) is 5.92 Å². The number of thiophene rings is 1. The van der Waals surface area contributed by atoms with Gasteiger partial charge in [-0.05, 0) is 31.2 Å². The minimum absolute atomic E-state index is 0.216. The zero-order valence-corrected chi connectivity index (χ0v) is 11.5. The number of hydrogen-bond acceptors (Lipinski definition) is 3. The maximum Gasteiger partial charge on any atom is 0.0478 e. The van der Waals surface area contributed by atoms with Gasteiger partial charge in [0.1, 0.15) is 0 Å². The van der Waals surface area contributed by atoms with E-state index in [1.54, 1.807) is 11.3 Å². The van der Waals surface area contributed by atoms with Crippen LogP contribution >= 0.6 is 11.3 Å². The minimum atomic E-state index is 0.216. The van der Waals surface area contributed by atoms with Gasteiger partial charge in [0.05, 0.1) is 0 Å². The number of nitrogens with zero attached hydrogens (tertiary/aromatic N) is 1. The highest BCUT2D eigenvalue weighted by Crippen LogP contribution is 2.28. The first kappa shape index (κ1) is 11.9. The van der Waals surface area contributed by atoms with Crippen molar-refractivity contribution in [3.63, 3.8) is 0 Å². The van der Waals surface area contributed by atoms with Gasteiger partial charge in [0.25, 0.3) is 0 Å². The van der Waals surface area contributed by atoms with Gasteiger partial charge in [-0.3, -0.25) is 0 Å². The summed E-state index contributed by atoms with van der Waals surface area (Å²) in [5.41, 5.74) is 1.60. The lowest BCUT2D eigenvalue weighted by atomic mass is 9.93. The van der Waals surface area contributed by atoms with Crippen molar-refractivity contribution in [2.75, 3.05) is 18.0 Å². The fourth-order valence-corrected chi connectivity index (χ4v) is 3.04. The van der Waals surface area contributed by atoms with Crippen LogP contribution in [0.25, 0.3) is 0 Å². The first-order valence-electron chi connectivity index (χ1n) is 6.03. The smallest absolute Gasteiger partial charge is 0.0478 e. The predicted molar refractivity (Wildman–Crippen MR) is 72.4 cm³/mol. The van der Waals surface area contributed by atoms with Crippen molar-refractivity contribution >= 4 is 17.0 Å². The standard InChI is InChI=1S/C13H22N2S/c1-10(2)12-7-14-13(3,4)9-15(12)11-5-6-16-8-11/h5-6,8,10,12,14H,7,9H2,1-4H3. The number of piperazine rings is 1. The van der Waals surface area contributed by atoms with Crippen molar-refractivity contribution in [3.8, 4) is 0 Å². The summed E-state index contributed by atoms with van der Waals surface area (Å²) in [7, 11) is 0. The first-order valence-corrected chi connectivity index (χ1v) is 6.98. The molecule has 0 aliphatic carbocycles. The Morgan fingerprint density at radius 3 is 2.81 bits per heavy atom. The van der Waals surface area contributed by atoms with Crippen LogP contribution in [-0.2, 0) is 0 Å². The van der Waals surface area contributed by atoms with E-state index in [0.29, 0.717) is 12.0 Å². The van der Waals surface area contributed by atoms with Crippen molar-refractivity contribution in [1.82, 2.24) is 5.32 Å². The Kier molecular flexibility index (Phi) is 3.27. The Labute approximate surface area is 103 Å². The molecule has 1 aromatic heterocycles. The number of hydrogen-bond donors (Lipinski definition) is 1. The molecule has 1 aromatic rings. The molecule has 1 unspecified atom stereocenters. The molecule has 1 aliphatic heterocycles. The Hall–Kier alpha value is -0.540. The molecule has 0 radical (unpaired) electrons. The maximum absolute atomic E-state index is 3.64. The molecule has 0 bridgehead atoms. The monoisotopic (exact) mass is 238 g/mol. The lowest BCUT2D eigenvalue weighted by molar-refractivity contribution is 0.277. The van der Waals surface area contributed by atoms with Crippen LogP contribution in [0, 0.1) is 5.92 Å². The molecule has 0 amide bonds. The second-order valence-electron chi connectivity index (χ2n) is 5.69. The minimum Gasteiger partial charge on any atom is -0.365 e. The molecular formula is C13H22N2S. The van der Waals surface area contributed by atoms with Crippen molar-refractivity contribution in [1.29, 1.82) is 0 Å². The number of nitrogens with one attached hydrogen (secondary N) is 1. The second-order valence-corrected chi connectivity index (χ2v) is 6.47. The molecule has 1 atom stereocenters. The van der Waals surface area contributed by atoms with E-state index >= 15 is 0 Å². The van der Waals surface area contributed by atoms with E-state index in [2.05, 4.69) is 54.7 Å². The number of anilines is 1. The lowest BCUT2D eigenvalue weighted by Gasteiger charge is -2.47. The largest absolute Gasteiger partial charge is 0.365 e. The van der Waals surface area contributed by atoms with Gasteiger partial charge in [-0.2, -0.15) is 11.3 Å². The Morgan fingerprint density at radius 1 is 1.50 bits per heavy atom. The van der Waals surface area contributed by atoms with Crippen LogP contribution in [0.3, 0.4) is 0 Å². The van der Waals surface area contributed by atoms with Crippen LogP contribution in [0.5, 0.6) is 0 Å². The molecule has 0 aromatic carbocycles. The summed E-state index contributed by atoms with van der Waals surface area (Å²) in [4.78, 5) is 2.57. The molecule has 1 fully saturated rings. The van der Waals surface area contributed by atoms with E-state index in [1.165, 1.54) is 5.69 Å². The highest BCUT2D eigenvalue weighted by molar-refractivity contribution is 7.08. The topological polar surface area (TPSA) is 15.3 Å². The maximum atomic E-state index is 3.64. The summed E-state index contributed by atoms with van der Waals surface area (Å²) in [5, 5.41) is 8.07. The molecule has 0 spiro atoms. The van der Waals surface area contributed by atoms with E-state index in [4.69, 9.17) is 0 Å². The van der Waals surface area contributed by atoms with E-state index in [9.17, 15) is 0 Å². The molecule has 3 heteroatoms. The van der Waals surface area contributed by atoms with Gasteiger partial charge in [0.2, 0.25) is 0 Å². The molecule has 2 rings (SSSR count). The van der Waals surface area contributed by atoms with Gasteiger partial charge in [-0.1, -0.05) is 13.8 Å². The zero-order valence-electron chi connectivity index (χ0n) is 10.7. The molecule has 1 N–H and O–H groups in total. The average molecular weight is 238 g/mol. The third-order valence-electron chi connectivity index (χ3n) is 3.36. The van der Waals surface area contributed by atoms with Crippen LogP contribution < -0.4 is 10.2 Å². The molecule has 16 heavy (non-hydrogen) atoms. The van der Waals surface area contributed by atoms with Gasteiger partial charge in [0, 0.05) is 35.7 Å². The van der Waals surface area contributed by atoms with E-state index < -0.39 is 0 Å². The summed E-state index contributed by atoms with van der Waals surface area (Å²) in [5.74, 6) is 0.684. The van der Waals surface area contributed by atoms with Gasteiger partial charge in [-0.25, -0.2) is 0 Å². The van der Waals surface area contributed by atoms with Crippen LogP contribution in [0.1, 0.15) is 27.7 Å². The molecule has 90 valence electrons.